The molecule has 0 bridgehead atoms. The first-order valence-electron chi connectivity index (χ1n) is 6.00. The molecule has 1 rings (SSSR count). The van der Waals surface area contributed by atoms with E-state index in [0.29, 0.717) is 6.61 Å². The third kappa shape index (κ3) is 3.43. The van der Waals surface area contributed by atoms with Crippen molar-refractivity contribution in [1.82, 2.24) is 10.2 Å². The van der Waals surface area contributed by atoms with Gasteiger partial charge in [0.05, 0.1) is 17.9 Å². The zero-order chi connectivity index (χ0) is 13.5. The van der Waals surface area contributed by atoms with Crippen LogP contribution < -0.4 is 5.73 Å². The van der Waals surface area contributed by atoms with Crippen molar-refractivity contribution in [1.29, 1.82) is 5.41 Å². The molecule has 18 heavy (non-hydrogen) atoms. The van der Waals surface area contributed by atoms with E-state index < -0.39 is 0 Å². The number of rotatable bonds is 7. The summed E-state index contributed by atoms with van der Waals surface area (Å²) in [6.45, 7) is 4.72. The molecule has 6 heteroatoms. The molecule has 0 aromatic carbocycles. The van der Waals surface area contributed by atoms with Gasteiger partial charge in [0.1, 0.15) is 10.9 Å². The molecule has 0 amide bonds. The summed E-state index contributed by atoms with van der Waals surface area (Å²) in [6, 6.07) is 0. The number of hydrogen-bond acceptors (Lipinski definition) is 5. The van der Waals surface area contributed by atoms with Crippen LogP contribution >= 0.6 is 11.8 Å². The first-order chi connectivity index (χ1) is 8.65. The van der Waals surface area contributed by atoms with E-state index in [0.717, 1.165) is 40.4 Å². The van der Waals surface area contributed by atoms with Crippen molar-refractivity contribution in [2.45, 2.75) is 31.7 Å². The van der Waals surface area contributed by atoms with Crippen LogP contribution in [-0.2, 0) is 17.6 Å². The van der Waals surface area contributed by atoms with E-state index in [2.05, 4.69) is 10.2 Å². The highest BCUT2D eigenvalue weighted by Crippen LogP contribution is 2.24. The molecule has 100 valence electrons. The van der Waals surface area contributed by atoms with E-state index in [1.807, 2.05) is 13.8 Å². The Morgan fingerprint density at radius 2 is 2.06 bits per heavy atom. The fourth-order valence-electron chi connectivity index (χ4n) is 1.75. The zero-order valence-corrected chi connectivity index (χ0v) is 11.9. The van der Waals surface area contributed by atoms with Gasteiger partial charge in [0, 0.05) is 12.9 Å². The number of nitrogen functional groups attached to an aromatic ring is 1. The van der Waals surface area contributed by atoms with Crippen molar-refractivity contribution in [3.8, 4) is 0 Å². The molecule has 3 N–H and O–H groups in total. The van der Waals surface area contributed by atoms with Gasteiger partial charge in [-0.2, -0.15) is 5.10 Å². The lowest BCUT2D eigenvalue weighted by atomic mass is 10.0. The summed E-state index contributed by atoms with van der Waals surface area (Å²) < 4.78 is 5.01. The molecule has 5 nitrogen and oxygen atoms in total. The minimum atomic E-state index is 0.0661. The molecule has 0 saturated heterocycles. The van der Waals surface area contributed by atoms with Gasteiger partial charge in [-0.1, -0.05) is 13.8 Å². The summed E-state index contributed by atoms with van der Waals surface area (Å²) in [6.07, 6.45) is 1.62. The fraction of sp³-hybridized carbons (Fsp3) is 0.583. The van der Waals surface area contributed by atoms with E-state index in [1.165, 1.54) is 11.8 Å². The van der Waals surface area contributed by atoms with Crippen LogP contribution in [0, 0.1) is 5.41 Å². The normalized spacial score (nSPS) is 10.6. The lowest BCUT2D eigenvalue weighted by Gasteiger charge is -2.13. The Kier molecular flexibility index (Phi) is 6.07. The Labute approximate surface area is 112 Å². The van der Waals surface area contributed by atoms with Crippen molar-refractivity contribution in [2.75, 3.05) is 19.5 Å². The molecule has 0 unspecified atom stereocenters. The van der Waals surface area contributed by atoms with Crippen LogP contribution in [0.2, 0.25) is 0 Å². The van der Waals surface area contributed by atoms with Crippen LogP contribution in [0.15, 0.2) is 5.03 Å². The molecular formula is C12H20N4OS. The van der Waals surface area contributed by atoms with Gasteiger partial charge < -0.3 is 10.5 Å². The predicted octanol–water partition coefficient (Wildman–Crippen LogP) is 1.62. The molecule has 1 heterocycles. The van der Waals surface area contributed by atoms with Gasteiger partial charge in [-0.3, -0.25) is 5.41 Å². The fourth-order valence-corrected chi connectivity index (χ4v) is 2.67. The number of ether oxygens (including phenoxy) is 1. The Hall–Kier alpha value is -1.14. The Bertz CT molecular complexity index is 423. The first kappa shape index (κ1) is 14.9. The SMILES string of the molecule is CCc1nnc(SCCOC)c(C(=N)N)c1CC. The number of nitrogens with one attached hydrogen (secondary N) is 1. The maximum Gasteiger partial charge on any atom is 0.130 e. The summed E-state index contributed by atoms with van der Waals surface area (Å²) in [5.41, 5.74) is 8.40. The minimum Gasteiger partial charge on any atom is -0.384 e. The maximum atomic E-state index is 7.74. The molecule has 0 aliphatic rings. The van der Waals surface area contributed by atoms with Crippen molar-refractivity contribution in [3.05, 3.63) is 16.8 Å². The van der Waals surface area contributed by atoms with Gasteiger partial charge in [0.15, 0.2) is 0 Å². The largest absolute Gasteiger partial charge is 0.384 e. The molecule has 0 radical (unpaired) electrons. The number of hydrogen-bond donors (Lipinski definition) is 2. The van der Waals surface area contributed by atoms with Crippen LogP contribution in [0.4, 0.5) is 0 Å². The molecule has 0 atom stereocenters. The highest BCUT2D eigenvalue weighted by molar-refractivity contribution is 7.99. The Morgan fingerprint density at radius 1 is 1.33 bits per heavy atom. The molecule has 1 aromatic rings. The summed E-state index contributed by atoms with van der Waals surface area (Å²) in [5.74, 6) is 0.844. The third-order valence-electron chi connectivity index (χ3n) is 2.61. The average Bonchev–Trinajstić information content (AvgIpc) is 2.37. The van der Waals surface area contributed by atoms with Gasteiger partial charge in [-0.05, 0) is 18.4 Å². The van der Waals surface area contributed by atoms with Gasteiger partial charge >= 0.3 is 0 Å². The molecule has 1 aromatic heterocycles. The molecule has 0 fully saturated rings. The van der Waals surface area contributed by atoms with Crippen molar-refractivity contribution < 1.29 is 4.74 Å². The first-order valence-corrected chi connectivity index (χ1v) is 6.98. The summed E-state index contributed by atoms with van der Waals surface area (Å²) in [7, 11) is 1.66. The number of aromatic nitrogens is 2. The summed E-state index contributed by atoms with van der Waals surface area (Å²) in [5, 5.41) is 16.9. The Morgan fingerprint density at radius 3 is 2.56 bits per heavy atom. The van der Waals surface area contributed by atoms with Crippen LogP contribution in [0.3, 0.4) is 0 Å². The molecule has 0 spiro atoms. The monoisotopic (exact) mass is 268 g/mol. The second kappa shape index (κ2) is 7.33. The van der Waals surface area contributed by atoms with Crippen LogP contribution in [-0.4, -0.2) is 35.5 Å². The molecule has 0 aliphatic heterocycles. The third-order valence-corrected chi connectivity index (χ3v) is 3.54. The topological polar surface area (TPSA) is 84.9 Å². The standard InChI is InChI=1S/C12H20N4OS/c1-4-8-9(5-2)15-16-12(10(8)11(13)14)18-7-6-17-3/h4-7H2,1-3H3,(H3,13,14). The van der Waals surface area contributed by atoms with E-state index in [4.69, 9.17) is 15.9 Å². The molecule has 0 aliphatic carbocycles. The lowest BCUT2D eigenvalue weighted by Crippen LogP contribution is -2.19. The van der Waals surface area contributed by atoms with Crippen molar-refractivity contribution in [2.24, 2.45) is 5.73 Å². The van der Waals surface area contributed by atoms with Crippen molar-refractivity contribution >= 4 is 17.6 Å². The molecular weight excluding hydrogens is 248 g/mol. The molecule has 0 saturated carbocycles. The quantitative estimate of drug-likeness (QED) is 0.340. The smallest absolute Gasteiger partial charge is 0.130 e. The van der Waals surface area contributed by atoms with Crippen LogP contribution in [0.1, 0.15) is 30.7 Å². The number of methoxy groups -OCH3 is 1. The van der Waals surface area contributed by atoms with E-state index in [1.54, 1.807) is 7.11 Å². The average molecular weight is 268 g/mol. The predicted molar refractivity (Wildman–Crippen MR) is 74.4 cm³/mol. The van der Waals surface area contributed by atoms with Crippen LogP contribution in [0.25, 0.3) is 0 Å². The number of aryl methyl sites for hydroxylation is 1. The highest BCUT2D eigenvalue weighted by Gasteiger charge is 2.16. The number of nitrogens with two attached hydrogens (primary N) is 1. The number of thioether (sulfide) groups is 1. The van der Waals surface area contributed by atoms with Gasteiger partial charge in [-0.25, -0.2) is 0 Å². The summed E-state index contributed by atoms with van der Waals surface area (Å²) in [4.78, 5) is 0. The van der Waals surface area contributed by atoms with Crippen LogP contribution in [0.5, 0.6) is 0 Å². The van der Waals surface area contributed by atoms with Gasteiger partial charge in [0.2, 0.25) is 0 Å². The lowest BCUT2D eigenvalue weighted by molar-refractivity contribution is 0.218. The summed E-state index contributed by atoms with van der Waals surface area (Å²) >= 11 is 1.53. The Balaban J connectivity index is 3.13. The number of nitrogens with zero attached hydrogens (tertiary/aromatic N) is 2. The van der Waals surface area contributed by atoms with Gasteiger partial charge in [0.25, 0.3) is 0 Å². The zero-order valence-electron chi connectivity index (χ0n) is 11.1. The number of amidine groups is 1. The van der Waals surface area contributed by atoms with Crippen molar-refractivity contribution in [3.63, 3.8) is 0 Å². The maximum absolute atomic E-state index is 7.74. The van der Waals surface area contributed by atoms with E-state index >= 15 is 0 Å². The second-order valence-corrected chi connectivity index (χ2v) is 4.85. The minimum absolute atomic E-state index is 0.0661. The van der Waals surface area contributed by atoms with E-state index in [9.17, 15) is 0 Å². The second-order valence-electron chi connectivity index (χ2n) is 3.77. The highest BCUT2D eigenvalue weighted by atomic mass is 32.2. The van der Waals surface area contributed by atoms with Gasteiger partial charge in [-0.15, -0.1) is 16.9 Å². The van der Waals surface area contributed by atoms with E-state index in [-0.39, 0.29) is 5.84 Å².